The standard InChI is InChI=1S/C10H14N2O3S/c1-15-10(14)8-4-7(13)5-12(8)6-9-11-2-3-16-9/h2-3,7-8,13H,4-6H2,1H3. The van der Waals surface area contributed by atoms with Gasteiger partial charge < -0.3 is 9.84 Å². The number of thiazole rings is 1. The Labute approximate surface area is 97.7 Å². The van der Waals surface area contributed by atoms with Crippen molar-refractivity contribution in [1.29, 1.82) is 0 Å². The van der Waals surface area contributed by atoms with Crippen molar-refractivity contribution in [1.82, 2.24) is 9.88 Å². The average Bonchev–Trinajstić information content (AvgIpc) is 2.88. The van der Waals surface area contributed by atoms with Crippen LogP contribution in [-0.2, 0) is 16.1 Å². The summed E-state index contributed by atoms with van der Waals surface area (Å²) >= 11 is 1.55. The fourth-order valence-electron chi connectivity index (χ4n) is 1.94. The number of aliphatic hydroxyl groups is 1. The summed E-state index contributed by atoms with van der Waals surface area (Å²) in [4.78, 5) is 17.6. The van der Waals surface area contributed by atoms with Gasteiger partial charge in [0.25, 0.3) is 0 Å². The lowest BCUT2D eigenvalue weighted by Gasteiger charge is -2.20. The van der Waals surface area contributed by atoms with Crippen molar-refractivity contribution in [2.24, 2.45) is 0 Å². The van der Waals surface area contributed by atoms with Crippen molar-refractivity contribution in [2.75, 3.05) is 13.7 Å². The zero-order valence-corrected chi connectivity index (χ0v) is 9.81. The Morgan fingerprint density at radius 3 is 3.25 bits per heavy atom. The van der Waals surface area contributed by atoms with E-state index < -0.39 is 6.10 Å². The second-order valence-corrected chi connectivity index (χ2v) is 4.76. The van der Waals surface area contributed by atoms with Gasteiger partial charge in [0.1, 0.15) is 11.0 Å². The van der Waals surface area contributed by atoms with Crippen molar-refractivity contribution >= 4 is 17.3 Å². The minimum Gasteiger partial charge on any atom is -0.468 e. The number of likely N-dealkylation sites (tertiary alicyclic amines) is 1. The summed E-state index contributed by atoms with van der Waals surface area (Å²) < 4.78 is 4.72. The lowest BCUT2D eigenvalue weighted by atomic mass is 10.2. The van der Waals surface area contributed by atoms with Crippen molar-refractivity contribution in [3.05, 3.63) is 16.6 Å². The maximum absolute atomic E-state index is 11.5. The molecule has 16 heavy (non-hydrogen) atoms. The molecule has 1 saturated heterocycles. The summed E-state index contributed by atoms with van der Waals surface area (Å²) in [5.74, 6) is -0.284. The van der Waals surface area contributed by atoms with Gasteiger partial charge in [-0.05, 0) is 0 Å². The first kappa shape index (κ1) is 11.5. The van der Waals surface area contributed by atoms with Crippen molar-refractivity contribution in [2.45, 2.75) is 25.1 Å². The SMILES string of the molecule is COC(=O)C1CC(O)CN1Cc1nccs1. The second kappa shape index (κ2) is 4.90. The Morgan fingerprint density at radius 1 is 1.81 bits per heavy atom. The van der Waals surface area contributed by atoms with Crippen LogP contribution in [0.3, 0.4) is 0 Å². The predicted molar refractivity (Wildman–Crippen MR) is 59.0 cm³/mol. The van der Waals surface area contributed by atoms with E-state index in [1.807, 2.05) is 10.3 Å². The lowest BCUT2D eigenvalue weighted by molar-refractivity contribution is -0.146. The van der Waals surface area contributed by atoms with Crippen LogP contribution in [0.5, 0.6) is 0 Å². The number of aromatic nitrogens is 1. The Hall–Kier alpha value is -0.980. The quantitative estimate of drug-likeness (QED) is 0.770. The van der Waals surface area contributed by atoms with Gasteiger partial charge in [0.2, 0.25) is 0 Å². The highest BCUT2D eigenvalue weighted by Crippen LogP contribution is 2.22. The number of carbonyl (C=O) groups excluding carboxylic acids is 1. The van der Waals surface area contributed by atoms with Crippen LogP contribution in [0, 0.1) is 0 Å². The number of β-amino-alcohol motifs (C(OH)–C–C–N with tert-alkyl or cyclic N) is 1. The molecule has 0 radical (unpaired) electrons. The third-order valence-electron chi connectivity index (χ3n) is 2.68. The molecule has 0 spiro atoms. The fourth-order valence-corrected chi connectivity index (χ4v) is 2.58. The number of carbonyl (C=O) groups is 1. The number of hydrogen-bond acceptors (Lipinski definition) is 6. The number of ether oxygens (including phenoxy) is 1. The predicted octanol–water partition coefficient (Wildman–Crippen LogP) is 0.251. The third kappa shape index (κ3) is 2.40. The van der Waals surface area contributed by atoms with E-state index in [2.05, 4.69) is 4.98 Å². The van der Waals surface area contributed by atoms with E-state index in [9.17, 15) is 9.90 Å². The molecule has 6 heteroatoms. The van der Waals surface area contributed by atoms with E-state index in [4.69, 9.17) is 4.74 Å². The Balaban J connectivity index is 2.04. The van der Waals surface area contributed by atoms with Gasteiger partial charge in [-0.15, -0.1) is 11.3 Å². The number of esters is 1. The number of nitrogens with zero attached hydrogens (tertiary/aromatic N) is 2. The van der Waals surface area contributed by atoms with Crippen LogP contribution in [0.4, 0.5) is 0 Å². The molecule has 0 bridgehead atoms. The molecule has 0 saturated carbocycles. The molecular weight excluding hydrogens is 228 g/mol. The van der Waals surface area contributed by atoms with Crippen LogP contribution >= 0.6 is 11.3 Å². The van der Waals surface area contributed by atoms with Gasteiger partial charge in [0.15, 0.2) is 0 Å². The van der Waals surface area contributed by atoms with E-state index >= 15 is 0 Å². The molecule has 2 atom stereocenters. The summed E-state index contributed by atoms with van der Waals surface area (Å²) in [5, 5.41) is 12.4. The molecule has 1 aromatic rings. The normalized spacial score (nSPS) is 25.9. The molecule has 5 nitrogen and oxygen atoms in total. The lowest BCUT2D eigenvalue weighted by Crippen LogP contribution is -2.36. The Kier molecular flexibility index (Phi) is 3.52. The van der Waals surface area contributed by atoms with Gasteiger partial charge in [-0.2, -0.15) is 0 Å². The maximum Gasteiger partial charge on any atom is 0.323 e. The van der Waals surface area contributed by atoms with Crippen molar-refractivity contribution < 1.29 is 14.6 Å². The monoisotopic (exact) mass is 242 g/mol. The fraction of sp³-hybridized carbons (Fsp3) is 0.600. The minimum absolute atomic E-state index is 0.284. The first-order valence-corrected chi connectivity index (χ1v) is 5.97. The zero-order chi connectivity index (χ0) is 11.5. The molecule has 2 heterocycles. The molecule has 1 fully saturated rings. The van der Waals surface area contributed by atoms with E-state index in [1.54, 1.807) is 17.5 Å². The highest BCUT2D eigenvalue weighted by atomic mass is 32.1. The number of aliphatic hydroxyl groups excluding tert-OH is 1. The van der Waals surface area contributed by atoms with E-state index in [1.165, 1.54) is 7.11 Å². The molecule has 2 unspecified atom stereocenters. The van der Waals surface area contributed by atoms with Gasteiger partial charge in [0.05, 0.1) is 19.8 Å². The minimum atomic E-state index is -0.455. The van der Waals surface area contributed by atoms with Crippen LogP contribution in [0.2, 0.25) is 0 Å². The van der Waals surface area contributed by atoms with E-state index in [0.29, 0.717) is 19.5 Å². The number of rotatable bonds is 3. The first-order valence-electron chi connectivity index (χ1n) is 5.09. The van der Waals surface area contributed by atoms with Crippen molar-refractivity contribution in [3.8, 4) is 0 Å². The molecule has 1 aliphatic rings. The Morgan fingerprint density at radius 2 is 2.62 bits per heavy atom. The highest BCUT2D eigenvalue weighted by Gasteiger charge is 2.36. The molecule has 2 rings (SSSR count). The number of methoxy groups -OCH3 is 1. The van der Waals surface area contributed by atoms with Gasteiger partial charge in [-0.25, -0.2) is 4.98 Å². The largest absolute Gasteiger partial charge is 0.468 e. The van der Waals surface area contributed by atoms with Gasteiger partial charge in [-0.3, -0.25) is 9.69 Å². The molecule has 0 amide bonds. The van der Waals surface area contributed by atoms with E-state index in [-0.39, 0.29) is 12.0 Å². The number of hydrogen-bond donors (Lipinski definition) is 1. The van der Waals surface area contributed by atoms with Gasteiger partial charge in [-0.1, -0.05) is 0 Å². The molecule has 1 aromatic heterocycles. The molecule has 88 valence electrons. The summed E-state index contributed by atoms with van der Waals surface area (Å²) in [6.07, 6.45) is 1.72. The van der Waals surface area contributed by atoms with Crippen LogP contribution in [-0.4, -0.2) is 46.8 Å². The van der Waals surface area contributed by atoms with Crippen LogP contribution in [0.15, 0.2) is 11.6 Å². The topological polar surface area (TPSA) is 62.7 Å². The first-order chi connectivity index (χ1) is 7.70. The zero-order valence-electron chi connectivity index (χ0n) is 9.00. The Bertz CT molecular complexity index is 355. The van der Waals surface area contributed by atoms with Crippen molar-refractivity contribution in [3.63, 3.8) is 0 Å². The highest BCUT2D eigenvalue weighted by molar-refractivity contribution is 7.09. The van der Waals surface area contributed by atoms with Crippen LogP contribution < -0.4 is 0 Å². The molecule has 0 aromatic carbocycles. The maximum atomic E-state index is 11.5. The average molecular weight is 242 g/mol. The molecule has 0 aliphatic carbocycles. The van der Waals surface area contributed by atoms with Gasteiger partial charge >= 0.3 is 5.97 Å². The summed E-state index contributed by atoms with van der Waals surface area (Å²) in [5.41, 5.74) is 0. The third-order valence-corrected chi connectivity index (χ3v) is 3.44. The summed E-state index contributed by atoms with van der Waals surface area (Å²) in [7, 11) is 1.37. The molecule has 1 N–H and O–H groups in total. The summed E-state index contributed by atoms with van der Waals surface area (Å²) in [6.45, 7) is 1.09. The van der Waals surface area contributed by atoms with Gasteiger partial charge in [0, 0.05) is 24.5 Å². The smallest absolute Gasteiger partial charge is 0.323 e. The summed E-state index contributed by atoms with van der Waals surface area (Å²) in [6, 6.07) is -0.344. The molecule has 1 aliphatic heterocycles. The molecular formula is C10H14N2O3S. The van der Waals surface area contributed by atoms with E-state index in [0.717, 1.165) is 5.01 Å². The second-order valence-electron chi connectivity index (χ2n) is 3.78. The van der Waals surface area contributed by atoms with Crippen LogP contribution in [0.1, 0.15) is 11.4 Å². The van der Waals surface area contributed by atoms with Crippen LogP contribution in [0.25, 0.3) is 0 Å².